The van der Waals surface area contributed by atoms with Crippen LogP contribution in [0.3, 0.4) is 0 Å². The summed E-state index contributed by atoms with van der Waals surface area (Å²) in [5, 5.41) is 0. The smallest absolute Gasteiger partial charge is 0.198 e. The number of carbonyl (C=O) groups excluding carboxylic acids is 2. The third-order valence-corrected chi connectivity index (χ3v) is 7.33. The minimum Gasteiger partial charge on any atom is -0.291 e. The molecule has 0 rings (SSSR count). The molecule has 2 nitrogen and oxygen atoms in total. The molecule has 0 aliphatic rings. The lowest BCUT2D eigenvalue weighted by atomic mass is 10.0. The van der Waals surface area contributed by atoms with Gasteiger partial charge in [0.25, 0.3) is 0 Å². The standard InChI is InChI=1S/C32H62O2/c1-3-5-7-9-11-13-15-17-19-21-23-25-27-29-31(33)32(34)30-28-26-24-22-20-18-16-14-12-10-8-6-4-2/h3-30H2,1-2H3/i29+2. The van der Waals surface area contributed by atoms with Crippen LogP contribution >= 0.6 is 0 Å². The molecule has 34 heavy (non-hydrogen) atoms. The molecule has 0 saturated heterocycles. The van der Waals surface area contributed by atoms with Crippen molar-refractivity contribution in [1.82, 2.24) is 0 Å². The zero-order valence-corrected chi connectivity index (χ0v) is 23.6. The van der Waals surface area contributed by atoms with Crippen molar-refractivity contribution in [1.29, 1.82) is 0 Å². The summed E-state index contributed by atoms with van der Waals surface area (Å²) in [5.74, 6) is -0.219. The molecule has 0 unspecified atom stereocenters. The van der Waals surface area contributed by atoms with Crippen molar-refractivity contribution in [2.45, 2.75) is 194 Å². The molecule has 0 fully saturated rings. The Morgan fingerprint density at radius 1 is 0.412 bits per heavy atom. The Kier molecular flexibility index (Phi) is 28.0. The lowest BCUT2D eigenvalue weighted by molar-refractivity contribution is -0.136. The van der Waals surface area contributed by atoms with Crippen LogP contribution in [0.25, 0.3) is 0 Å². The average molecular weight is 481 g/mol. The highest BCUT2D eigenvalue weighted by molar-refractivity contribution is 6.37. The predicted octanol–water partition coefficient (Wildman–Crippen LogP) is 11.1. The van der Waals surface area contributed by atoms with Gasteiger partial charge in [-0.2, -0.15) is 0 Å². The highest BCUT2D eigenvalue weighted by Crippen LogP contribution is 2.15. The molecule has 0 spiro atoms. The molecule has 0 aromatic heterocycles. The van der Waals surface area contributed by atoms with Gasteiger partial charge in [-0.15, -0.1) is 0 Å². The fraction of sp³-hybridized carbons (Fsp3) is 0.938. The summed E-state index contributed by atoms with van der Waals surface area (Å²) in [6.45, 7) is 4.55. The monoisotopic (exact) mass is 480 g/mol. The maximum absolute atomic E-state index is 12.0. The van der Waals surface area contributed by atoms with E-state index in [9.17, 15) is 9.59 Å². The molecule has 0 bridgehead atoms. The summed E-state index contributed by atoms with van der Waals surface area (Å²) in [5.41, 5.74) is 0. The maximum atomic E-state index is 12.0. The van der Waals surface area contributed by atoms with Crippen molar-refractivity contribution < 1.29 is 9.59 Å². The highest BCUT2D eigenvalue weighted by atomic mass is 16.2. The highest BCUT2D eigenvalue weighted by Gasteiger charge is 2.12. The van der Waals surface area contributed by atoms with Crippen LogP contribution in [0.15, 0.2) is 0 Å². The van der Waals surface area contributed by atoms with Gasteiger partial charge in [-0.25, -0.2) is 0 Å². The normalized spacial score (nSPS) is 11.2. The van der Waals surface area contributed by atoms with E-state index >= 15 is 0 Å². The summed E-state index contributed by atoms with van der Waals surface area (Å²) < 4.78 is 0. The van der Waals surface area contributed by atoms with Crippen molar-refractivity contribution in [2.24, 2.45) is 0 Å². The molecule has 0 heterocycles. The van der Waals surface area contributed by atoms with Crippen molar-refractivity contribution in [3.8, 4) is 0 Å². The van der Waals surface area contributed by atoms with Gasteiger partial charge in [0.2, 0.25) is 0 Å². The largest absolute Gasteiger partial charge is 0.291 e. The van der Waals surface area contributed by atoms with Crippen LogP contribution in [0.2, 0.25) is 0 Å². The van der Waals surface area contributed by atoms with Crippen molar-refractivity contribution in [2.75, 3.05) is 0 Å². The quantitative estimate of drug-likeness (QED) is 0.0787. The molecule has 202 valence electrons. The van der Waals surface area contributed by atoms with Crippen molar-refractivity contribution >= 4 is 11.6 Å². The average Bonchev–Trinajstić information content (AvgIpc) is 2.84. The lowest BCUT2D eigenvalue weighted by Crippen LogP contribution is -2.13. The first-order valence-electron chi connectivity index (χ1n) is 15.8. The maximum Gasteiger partial charge on any atom is 0.198 e. The predicted molar refractivity (Wildman–Crippen MR) is 151 cm³/mol. The zero-order chi connectivity index (χ0) is 25.0. The first kappa shape index (κ1) is 33.3. The molecule has 0 saturated carbocycles. The Balaban J connectivity index is 3.29. The van der Waals surface area contributed by atoms with Gasteiger partial charge < -0.3 is 0 Å². The van der Waals surface area contributed by atoms with E-state index in [0.29, 0.717) is 12.8 Å². The summed E-state index contributed by atoms with van der Waals surface area (Å²) >= 11 is 0. The molecule has 0 aromatic rings. The summed E-state index contributed by atoms with van der Waals surface area (Å²) in [7, 11) is 0. The van der Waals surface area contributed by atoms with Crippen molar-refractivity contribution in [3.63, 3.8) is 0 Å². The molecule has 0 aromatic carbocycles. The second-order valence-electron chi connectivity index (χ2n) is 10.8. The van der Waals surface area contributed by atoms with E-state index in [1.54, 1.807) is 0 Å². The molecule has 0 atom stereocenters. The SMILES string of the molecule is CCCCCCCCCCCCCCCC(=O)C(=O)[14CH2]CCCCCCCCCCCCCC. The third kappa shape index (κ3) is 26.0. The summed E-state index contributed by atoms with van der Waals surface area (Å²) in [6, 6.07) is 0. The minimum atomic E-state index is -0.109. The van der Waals surface area contributed by atoms with Crippen LogP contribution in [0.5, 0.6) is 0 Å². The van der Waals surface area contributed by atoms with Gasteiger partial charge in [-0.05, 0) is 12.8 Å². The molecule has 0 aliphatic carbocycles. The summed E-state index contributed by atoms with van der Waals surface area (Å²) in [6.07, 6.45) is 34.9. The van der Waals surface area contributed by atoms with E-state index in [2.05, 4.69) is 13.8 Å². The van der Waals surface area contributed by atoms with Gasteiger partial charge in [-0.1, -0.05) is 168 Å². The van der Waals surface area contributed by atoms with Crippen LogP contribution in [-0.2, 0) is 9.59 Å². The van der Waals surface area contributed by atoms with Gasteiger partial charge in [0.15, 0.2) is 11.6 Å². The zero-order valence-electron chi connectivity index (χ0n) is 23.6. The molecule has 0 N–H and O–H groups in total. The van der Waals surface area contributed by atoms with Gasteiger partial charge in [0, 0.05) is 12.8 Å². The van der Waals surface area contributed by atoms with Crippen LogP contribution in [0.1, 0.15) is 194 Å². The van der Waals surface area contributed by atoms with E-state index in [0.717, 1.165) is 25.7 Å². The lowest BCUT2D eigenvalue weighted by Gasteiger charge is -2.04. The molecular weight excluding hydrogens is 418 g/mol. The second-order valence-corrected chi connectivity index (χ2v) is 10.8. The Hall–Kier alpha value is -0.660. The van der Waals surface area contributed by atoms with Gasteiger partial charge >= 0.3 is 0 Å². The minimum absolute atomic E-state index is 0.109. The second kappa shape index (κ2) is 28.6. The topological polar surface area (TPSA) is 34.1 Å². The van der Waals surface area contributed by atoms with Gasteiger partial charge in [-0.3, -0.25) is 9.59 Å². The molecule has 0 radical (unpaired) electrons. The first-order valence-corrected chi connectivity index (χ1v) is 15.8. The van der Waals surface area contributed by atoms with Crippen molar-refractivity contribution in [3.05, 3.63) is 0 Å². The van der Waals surface area contributed by atoms with Crippen LogP contribution in [0.4, 0.5) is 0 Å². The number of carbonyl (C=O) groups is 2. The first-order chi connectivity index (χ1) is 16.7. The van der Waals surface area contributed by atoms with Crippen LogP contribution in [0, 0.1) is 0 Å². The van der Waals surface area contributed by atoms with E-state index < -0.39 is 0 Å². The molecular formula is C32H62O2. The van der Waals surface area contributed by atoms with Crippen LogP contribution in [-0.4, -0.2) is 11.6 Å². The number of ketones is 2. The Labute approximate surface area is 214 Å². The number of rotatable bonds is 29. The number of hydrogen-bond donors (Lipinski definition) is 0. The Morgan fingerprint density at radius 3 is 1.06 bits per heavy atom. The summed E-state index contributed by atoms with van der Waals surface area (Å²) in [4.78, 5) is 24.1. The van der Waals surface area contributed by atoms with Gasteiger partial charge in [0.05, 0.1) is 0 Å². The fourth-order valence-corrected chi connectivity index (χ4v) is 4.89. The van der Waals surface area contributed by atoms with E-state index in [1.165, 1.54) is 141 Å². The Bertz CT molecular complexity index is 389. The van der Waals surface area contributed by atoms with Gasteiger partial charge in [0.1, 0.15) is 0 Å². The Morgan fingerprint density at radius 2 is 0.706 bits per heavy atom. The number of Topliss-reactive ketones (excluding diaryl/α,β-unsaturated/α-hetero) is 2. The van der Waals surface area contributed by atoms with E-state index in [1.807, 2.05) is 0 Å². The fourth-order valence-electron chi connectivity index (χ4n) is 4.89. The van der Waals surface area contributed by atoms with Crippen LogP contribution < -0.4 is 0 Å². The number of hydrogen-bond acceptors (Lipinski definition) is 2. The third-order valence-electron chi connectivity index (χ3n) is 7.33. The van der Waals surface area contributed by atoms with E-state index in [-0.39, 0.29) is 11.6 Å². The number of unbranched alkanes of at least 4 members (excludes halogenated alkanes) is 24. The molecule has 0 amide bonds. The molecule has 0 aliphatic heterocycles. The molecule has 2 heteroatoms. The van der Waals surface area contributed by atoms with E-state index in [4.69, 9.17) is 0 Å².